The largest absolute Gasteiger partial charge is 0.424 e. The van der Waals surface area contributed by atoms with Crippen LogP contribution in [0.2, 0.25) is 0 Å². The van der Waals surface area contributed by atoms with Crippen LogP contribution in [0.1, 0.15) is 25.7 Å². The Morgan fingerprint density at radius 2 is 1.96 bits per heavy atom. The minimum atomic E-state index is -2.55. The zero-order chi connectivity index (χ0) is 20.4. The summed E-state index contributed by atoms with van der Waals surface area (Å²) in [6.07, 6.45) is -4.18. The van der Waals surface area contributed by atoms with Gasteiger partial charge in [-0.2, -0.15) is 0 Å². The van der Waals surface area contributed by atoms with Crippen LogP contribution in [0.4, 0.5) is 0 Å². The van der Waals surface area contributed by atoms with Gasteiger partial charge in [-0.05, 0) is 6.92 Å². The van der Waals surface area contributed by atoms with Gasteiger partial charge in [0.25, 0.3) is 5.79 Å². The van der Waals surface area contributed by atoms with Crippen LogP contribution in [-0.4, -0.2) is 73.0 Å². The molecule has 2 saturated heterocycles. The van der Waals surface area contributed by atoms with E-state index in [1.54, 1.807) is 6.92 Å². The first-order valence-corrected chi connectivity index (χ1v) is 9.08. The van der Waals surface area contributed by atoms with E-state index in [0.717, 1.165) is 12.5 Å². The van der Waals surface area contributed by atoms with Crippen molar-refractivity contribution < 1.29 is 43.4 Å². The lowest BCUT2D eigenvalue weighted by atomic mass is 9.80. The maximum Gasteiger partial charge on any atom is 0.305 e. The van der Waals surface area contributed by atoms with Crippen molar-refractivity contribution in [1.82, 2.24) is 0 Å². The third kappa shape index (κ3) is 3.67. The molecule has 1 unspecified atom stereocenters. The molecule has 2 heterocycles. The molecule has 3 rings (SSSR count). The Hall–Kier alpha value is -1.59. The van der Waals surface area contributed by atoms with Gasteiger partial charge in [0.2, 0.25) is 6.29 Å². The molecule has 28 heavy (non-hydrogen) atoms. The van der Waals surface area contributed by atoms with E-state index >= 15 is 0 Å². The molecule has 1 aromatic rings. The van der Waals surface area contributed by atoms with Crippen molar-refractivity contribution in [2.24, 2.45) is 0 Å². The van der Waals surface area contributed by atoms with Gasteiger partial charge in [-0.3, -0.25) is 4.79 Å². The van der Waals surface area contributed by atoms with Crippen molar-refractivity contribution in [1.29, 1.82) is 0 Å². The fourth-order valence-corrected chi connectivity index (χ4v) is 3.52. The van der Waals surface area contributed by atoms with Crippen LogP contribution in [0.15, 0.2) is 30.3 Å². The lowest BCUT2D eigenvalue weighted by molar-refractivity contribution is -0.461. The summed E-state index contributed by atoms with van der Waals surface area (Å²) in [5.41, 5.74) is -1.45. The lowest BCUT2D eigenvalue weighted by Gasteiger charge is -2.56. The summed E-state index contributed by atoms with van der Waals surface area (Å²) >= 11 is 0. The number of esters is 1. The summed E-state index contributed by atoms with van der Waals surface area (Å²) in [4.78, 5) is 11.7. The Bertz CT molecular complexity index is 669. The van der Waals surface area contributed by atoms with Gasteiger partial charge in [-0.1, -0.05) is 30.3 Å². The fourth-order valence-electron chi connectivity index (χ4n) is 3.52. The number of hydrogen-bond donors (Lipinski definition) is 2. The van der Waals surface area contributed by atoms with Gasteiger partial charge in [0, 0.05) is 26.2 Å². The van der Waals surface area contributed by atoms with E-state index in [0.29, 0.717) is 0 Å². The molecule has 0 spiro atoms. The molecule has 0 aliphatic carbocycles. The van der Waals surface area contributed by atoms with E-state index in [1.165, 1.54) is 7.11 Å². The Morgan fingerprint density at radius 3 is 2.57 bits per heavy atom. The van der Waals surface area contributed by atoms with Crippen LogP contribution in [0.3, 0.4) is 0 Å². The minimum Gasteiger partial charge on any atom is -0.424 e. The van der Waals surface area contributed by atoms with Gasteiger partial charge in [-0.15, -0.1) is 0 Å². The number of carbonyl (C=O) groups is 1. The molecule has 0 bridgehead atoms. The molecule has 9 nitrogen and oxygen atoms in total. The monoisotopic (exact) mass is 398 g/mol. The van der Waals surface area contributed by atoms with Gasteiger partial charge in [0.15, 0.2) is 11.9 Å². The molecule has 0 radical (unpaired) electrons. The quantitative estimate of drug-likeness (QED) is 0.522. The number of carbonyl (C=O) groups excluding carboxylic acids is 1. The molecule has 0 saturated carbocycles. The smallest absolute Gasteiger partial charge is 0.305 e. The molecule has 6 atom stereocenters. The minimum absolute atomic E-state index is 0.0642. The molecular formula is C19H26O9. The second-order valence-corrected chi connectivity index (χ2v) is 6.73. The first-order chi connectivity index (χ1) is 13.4. The topological polar surface area (TPSA) is 113 Å². The molecule has 9 heteroatoms. The maximum absolute atomic E-state index is 11.7. The molecule has 1 aromatic carbocycles. The second kappa shape index (κ2) is 8.42. The number of ether oxygens (including phenoxy) is 6. The zero-order valence-corrected chi connectivity index (χ0v) is 16.1. The second-order valence-electron chi connectivity index (χ2n) is 6.73. The lowest BCUT2D eigenvalue weighted by Crippen LogP contribution is -2.78. The van der Waals surface area contributed by atoms with Crippen LogP contribution in [-0.2, 0) is 33.2 Å². The Kier molecular flexibility index (Phi) is 6.35. The summed E-state index contributed by atoms with van der Waals surface area (Å²) in [5, 5.41) is 22.7. The van der Waals surface area contributed by atoms with Crippen LogP contribution in [0, 0.1) is 0 Å². The third-order valence-electron chi connectivity index (χ3n) is 4.84. The SMILES string of the molecule is CCOC[C@]1(O)[C@@H]2OC(c3ccccc3)OC[C@H]2O[C@@H](OC)[C@@]1(O)OC(C)=O. The van der Waals surface area contributed by atoms with Crippen LogP contribution >= 0.6 is 0 Å². The van der Waals surface area contributed by atoms with E-state index < -0.39 is 42.1 Å². The van der Waals surface area contributed by atoms with E-state index in [4.69, 9.17) is 28.4 Å². The number of benzene rings is 1. The maximum atomic E-state index is 11.7. The highest BCUT2D eigenvalue weighted by Gasteiger charge is 2.70. The summed E-state index contributed by atoms with van der Waals surface area (Å²) in [5.74, 6) is -3.38. The van der Waals surface area contributed by atoms with Gasteiger partial charge in [0.1, 0.15) is 12.2 Å². The van der Waals surface area contributed by atoms with Gasteiger partial charge >= 0.3 is 5.97 Å². The number of hydrogen-bond acceptors (Lipinski definition) is 9. The average molecular weight is 398 g/mol. The molecule has 2 aliphatic heterocycles. The summed E-state index contributed by atoms with van der Waals surface area (Å²) in [7, 11) is 1.26. The third-order valence-corrected chi connectivity index (χ3v) is 4.84. The predicted octanol–water partition coefficient (Wildman–Crippen LogP) is 0.491. The normalized spacial score (nSPS) is 37.9. The molecule has 0 amide bonds. The Labute approximate surface area is 163 Å². The van der Waals surface area contributed by atoms with Gasteiger partial charge in [0.05, 0.1) is 13.2 Å². The first kappa shape index (κ1) is 21.1. The molecule has 2 aliphatic rings. The van der Waals surface area contributed by atoms with E-state index in [2.05, 4.69) is 0 Å². The number of rotatable bonds is 6. The highest BCUT2D eigenvalue weighted by molar-refractivity contribution is 5.66. The molecule has 156 valence electrons. The summed E-state index contributed by atoms with van der Waals surface area (Å²) in [6, 6.07) is 9.13. The predicted molar refractivity (Wildman–Crippen MR) is 93.8 cm³/mol. The van der Waals surface area contributed by atoms with E-state index in [9.17, 15) is 15.0 Å². The average Bonchev–Trinajstić information content (AvgIpc) is 2.69. The fraction of sp³-hybridized carbons (Fsp3) is 0.632. The van der Waals surface area contributed by atoms with Crippen molar-refractivity contribution in [3.63, 3.8) is 0 Å². The van der Waals surface area contributed by atoms with E-state index in [-0.39, 0.29) is 19.8 Å². The molecule has 2 fully saturated rings. The number of fused-ring (bicyclic) bond motifs is 1. The number of aliphatic hydroxyl groups is 2. The van der Waals surface area contributed by atoms with Gasteiger partial charge < -0.3 is 38.6 Å². The van der Waals surface area contributed by atoms with Crippen molar-refractivity contribution in [2.45, 2.75) is 50.0 Å². The first-order valence-electron chi connectivity index (χ1n) is 9.08. The summed E-state index contributed by atoms with van der Waals surface area (Å²) in [6.45, 7) is 2.78. The van der Waals surface area contributed by atoms with Crippen LogP contribution in [0.5, 0.6) is 0 Å². The van der Waals surface area contributed by atoms with Crippen LogP contribution in [0.25, 0.3) is 0 Å². The standard InChI is InChI=1S/C19H26O9/c1-4-24-11-18(21)15-14(26-17(23-3)19(18,22)28-12(2)20)10-25-16(27-15)13-8-6-5-7-9-13/h5-9,14-17,21-22H,4,10-11H2,1-3H3/t14-,15-,16?,17-,18+,19-/m1/s1. The van der Waals surface area contributed by atoms with Crippen molar-refractivity contribution in [3.8, 4) is 0 Å². The van der Waals surface area contributed by atoms with Crippen LogP contribution < -0.4 is 0 Å². The zero-order valence-electron chi connectivity index (χ0n) is 16.1. The van der Waals surface area contributed by atoms with Gasteiger partial charge in [-0.25, -0.2) is 0 Å². The van der Waals surface area contributed by atoms with Crippen molar-refractivity contribution >= 4 is 5.97 Å². The molecule has 2 N–H and O–H groups in total. The van der Waals surface area contributed by atoms with E-state index in [1.807, 2.05) is 30.3 Å². The Morgan fingerprint density at radius 1 is 1.25 bits per heavy atom. The molecule has 0 aromatic heterocycles. The Balaban J connectivity index is 1.98. The summed E-state index contributed by atoms with van der Waals surface area (Å²) < 4.78 is 33.1. The van der Waals surface area contributed by atoms with Crippen molar-refractivity contribution in [2.75, 3.05) is 26.9 Å². The van der Waals surface area contributed by atoms with Crippen molar-refractivity contribution in [3.05, 3.63) is 35.9 Å². The molecular weight excluding hydrogens is 372 g/mol. The highest BCUT2D eigenvalue weighted by atomic mass is 16.8. The number of methoxy groups -OCH3 is 1. The highest BCUT2D eigenvalue weighted by Crippen LogP contribution is 2.45.